The van der Waals surface area contributed by atoms with Crippen molar-refractivity contribution in [1.82, 2.24) is 15.1 Å². The van der Waals surface area contributed by atoms with Gasteiger partial charge in [0, 0.05) is 38.8 Å². The molecule has 0 bridgehead atoms. The Morgan fingerprint density at radius 3 is 2.33 bits per heavy atom. The van der Waals surface area contributed by atoms with Crippen LogP contribution in [0.1, 0.15) is 35.7 Å². The lowest BCUT2D eigenvalue weighted by molar-refractivity contribution is -0.153. The minimum atomic E-state index is -1.84. The smallest absolute Gasteiger partial charge is 0.254 e. The van der Waals surface area contributed by atoms with Crippen molar-refractivity contribution in [3.8, 4) is 11.1 Å². The predicted molar refractivity (Wildman–Crippen MR) is 124 cm³/mol. The van der Waals surface area contributed by atoms with Crippen LogP contribution >= 0.6 is 0 Å². The van der Waals surface area contributed by atoms with Gasteiger partial charge in [-0.2, -0.15) is 0 Å². The van der Waals surface area contributed by atoms with Crippen molar-refractivity contribution < 1.29 is 24.6 Å². The van der Waals surface area contributed by atoms with E-state index in [1.54, 1.807) is 20.2 Å². The van der Waals surface area contributed by atoms with Crippen molar-refractivity contribution in [3.63, 3.8) is 0 Å². The van der Waals surface area contributed by atoms with Gasteiger partial charge < -0.3 is 25.3 Å². The zero-order valence-corrected chi connectivity index (χ0v) is 19.2. The van der Waals surface area contributed by atoms with Crippen LogP contribution in [-0.4, -0.2) is 76.6 Å². The third kappa shape index (κ3) is 5.58. The third-order valence-corrected chi connectivity index (χ3v) is 5.95. The summed E-state index contributed by atoms with van der Waals surface area (Å²) in [5, 5.41) is 22.9. The van der Waals surface area contributed by atoms with Gasteiger partial charge in [0.2, 0.25) is 0 Å². The Balaban J connectivity index is 1.61. The highest BCUT2D eigenvalue weighted by Gasteiger charge is 2.36. The van der Waals surface area contributed by atoms with E-state index in [1.807, 2.05) is 49.4 Å². The lowest BCUT2D eigenvalue weighted by Crippen LogP contribution is -2.51. The number of nitrogens with one attached hydrogen (secondary N) is 1. The number of nitrogens with zero attached hydrogens (tertiary/aromatic N) is 2. The van der Waals surface area contributed by atoms with E-state index in [-0.39, 0.29) is 18.5 Å². The number of likely N-dealkylation sites (tertiary alicyclic amines) is 1. The molecule has 1 aliphatic rings. The molecule has 2 aromatic carbocycles. The minimum absolute atomic E-state index is 0.0147. The van der Waals surface area contributed by atoms with Crippen LogP contribution in [0.15, 0.2) is 48.5 Å². The number of amides is 3. The first-order chi connectivity index (χ1) is 15.7. The molecule has 1 fully saturated rings. The van der Waals surface area contributed by atoms with Crippen molar-refractivity contribution in [2.24, 2.45) is 0 Å². The van der Waals surface area contributed by atoms with E-state index in [2.05, 4.69) is 5.32 Å². The normalized spacial score (nSPS) is 17.4. The van der Waals surface area contributed by atoms with Gasteiger partial charge in [0.15, 0.2) is 12.2 Å². The third-order valence-electron chi connectivity index (χ3n) is 5.95. The largest absolute Gasteiger partial charge is 0.380 e. The summed E-state index contributed by atoms with van der Waals surface area (Å²) < 4.78 is 0. The molecule has 1 heterocycles. The van der Waals surface area contributed by atoms with Crippen LogP contribution in [0.3, 0.4) is 0 Å². The van der Waals surface area contributed by atoms with Gasteiger partial charge in [-0.15, -0.1) is 0 Å². The van der Waals surface area contributed by atoms with Gasteiger partial charge in [0.1, 0.15) is 0 Å². The Bertz CT molecular complexity index is 1010. The first-order valence-corrected chi connectivity index (χ1v) is 11.0. The van der Waals surface area contributed by atoms with Gasteiger partial charge in [0.25, 0.3) is 17.7 Å². The van der Waals surface area contributed by atoms with Crippen molar-refractivity contribution in [1.29, 1.82) is 0 Å². The molecular formula is C25H31N3O5. The number of hydrogen-bond donors (Lipinski definition) is 3. The van der Waals surface area contributed by atoms with E-state index >= 15 is 0 Å². The molecule has 3 rings (SSSR count). The van der Waals surface area contributed by atoms with Crippen LogP contribution in [0.2, 0.25) is 0 Å². The van der Waals surface area contributed by atoms with E-state index < -0.39 is 24.0 Å². The lowest BCUT2D eigenvalue weighted by atomic mass is 9.98. The number of carbonyl (C=O) groups excluding carboxylic acids is 3. The number of aliphatic hydroxyl groups is 2. The Morgan fingerprint density at radius 2 is 1.73 bits per heavy atom. The summed E-state index contributed by atoms with van der Waals surface area (Å²) in [7, 11) is 3.41. The Morgan fingerprint density at radius 1 is 1.06 bits per heavy atom. The van der Waals surface area contributed by atoms with Gasteiger partial charge in [-0.1, -0.05) is 42.5 Å². The number of benzene rings is 2. The van der Waals surface area contributed by atoms with E-state index in [1.165, 1.54) is 9.80 Å². The number of hydrogen-bond acceptors (Lipinski definition) is 5. The van der Waals surface area contributed by atoms with E-state index in [4.69, 9.17) is 0 Å². The first-order valence-electron chi connectivity index (χ1n) is 11.0. The second-order valence-electron chi connectivity index (χ2n) is 8.57. The molecule has 8 heteroatoms. The zero-order chi connectivity index (χ0) is 24.1. The molecular weight excluding hydrogens is 422 g/mol. The molecule has 0 radical (unpaired) electrons. The Hall–Kier alpha value is -3.23. The van der Waals surface area contributed by atoms with Crippen LogP contribution < -0.4 is 5.32 Å². The molecule has 0 saturated carbocycles. The van der Waals surface area contributed by atoms with Gasteiger partial charge in [0.05, 0.1) is 0 Å². The molecule has 0 aromatic heterocycles. The molecule has 0 aliphatic carbocycles. The molecule has 3 N–H and O–H groups in total. The van der Waals surface area contributed by atoms with Gasteiger partial charge in [-0.25, -0.2) is 0 Å². The summed E-state index contributed by atoms with van der Waals surface area (Å²) in [6.07, 6.45) is -1.96. The molecule has 3 atom stereocenters. The molecule has 1 saturated heterocycles. The average Bonchev–Trinajstić information content (AvgIpc) is 3.26. The fourth-order valence-corrected chi connectivity index (χ4v) is 3.97. The zero-order valence-electron chi connectivity index (χ0n) is 19.2. The highest BCUT2D eigenvalue weighted by Crippen LogP contribution is 2.25. The van der Waals surface area contributed by atoms with Crippen LogP contribution in [0.25, 0.3) is 11.1 Å². The van der Waals surface area contributed by atoms with E-state index in [9.17, 15) is 24.6 Å². The van der Waals surface area contributed by atoms with Crippen molar-refractivity contribution >= 4 is 17.7 Å². The SMILES string of the molecule is C[C@H]1CCCN1C(=O)[C@H](O)[C@@H](O)C(=O)NCc1ccc(-c2ccccc2C(=O)N(C)C)cc1. The fraction of sp³-hybridized carbons (Fsp3) is 0.400. The maximum atomic E-state index is 12.5. The number of rotatable bonds is 7. The van der Waals surface area contributed by atoms with Gasteiger partial charge in [-0.05, 0) is 42.5 Å². The second kappa shape index (κ2) is 10.6. The molecule has 0 spiro atoms. The minimum Gasteiger partial charge on any atom is -0.380 e. The maximum absolute atomic E-state index is 12.5. The standard InChI is InChI=1S/C25H31N3O5/c1-16-7-6-14-28(16)25(33)22(30)21(29)23(31)26-15-17-10-12-18(13-11-17)19-8-4-5-9-20(19)24(32)27(2)3/h4-5,8-13,16,21-22,29-30H,6-7,14-15H2,1-3H3,(H,26,31)/t16-,21+,22+/m0/s1. The average molecular weight is 454 g/mol. The molecule has 8 nitrogen and oxygen atoms in total. The van der Waals surface area contributed by atoms with Crippen LogP contribution in [0.5, 0.6) is 0 Å². The van der Waals surface area contributed by atoms with E-state index in [0.29, 0.717) is 12.1 Å². The van der Waals surface area contributed by atoms with Crippen LogP contribution in [0.4, 0.5) is 0 Å². The highest BCUT2D eigenvalue weighted by molar-refractivity contribution is 6.00. The number of aliphatic hydroxyl groups excluding tert-OH is 2. The summed E-state index contributed by atoms with van der Waals surface area (Å²) >= 11 is 0. The van der Waals surface area contributed by atoms with Gasteiger partial charge >= 0.3 is 0 Å². The summed E-state index contributed by atoms with van der Waals surface area (Å²) in [5.41, 5.74) is 3.03. The Kier molecular flexibility index (Phi) is 7.84. The number of carbonyl (C=O) groups is 3. The summed E-state index contributed by atoms with van der Waals surface area (Å²) in [6, 6.07) is 14.7. The molecule has 176 valence electrons. The van der Waals surface area contributed by atoms with Gasteiger partial charge in [-0.3, -0.25) is 14.4 Å². The highest BCUT2D eigenvalue weighted by atomic mass is 16.3. The monoisotopic (exact) mass is 453 g/mol. The molecule has 3 amide bonds. The van der Waals surface area contributed by atoms with Crippen LogP contribution in [-0.2, 0) is 16.1 Å². The topological polar surface area (TPSA) is 110 Å². The van der Waals surface area contributed by atoms with Crippen molar-refractivity contribution in [2.45, 2.75) is 44.6 Å². The van der Waals surface area contributed by atoms with E-state index in [0.717, 1.165) is 29.5 Å². The molecule has 1 aliphatic heterocycles. The molecule has 0 unspecified atom stereocenters. The summed E-state index contributed by atoms with van der Waals surface area (Å²) in [6.45, 7) is 2.51. The first kappa shape index (κ1) is 24.4. The fourth-order valence-electron chi connectivity index (χ4n) is 3.97. The predicted octanol–water partition coefficient (Wildman–Crippen LogP) is 1.40. The van der Waals surface area contributed by atoms with Crippen molar-refractivity contribution in [2.75, 3.05) is 20.6 Å². The maximum Gasteiger partial charge on any atom is 0.254 e. The molecule has 2 aromatic rings. The van der Waals surface area contributed by atoms with Crippen molar-refractivity contribution in [3.05, 3.63) is 59.7 Å². The molecule has 33 heavy (non-hydrogen) atoms. The second-order valence-corrected chi connectivity index (χ2v) is 8.57. The summed E-state index contributed by atoms with van der Waals surface area (Å²) in [5.74, 6) is -1.53. The lowest BCUT2D eigenvalue weighted by Gasteiger charge is -2.26. The van der Waals surface area contributed by atoms with Crippen LogP contribution in [0, 0.1) is 0 Å². The Labute approximate surface area is 193 Å². The quantitative estimate of drug-likeness (QED) is 0.587. The summed E-state index contributed by atoms with van der Waals surface area (Å²) in [4.78, 5) is 40.2.